The van der Waals surface area contributed by atoms with E-state index in [2.05, 4.69) is 5.32 Å². The highest BCUT2D eigenvalue weighted by Gasteiger charge is 2.36. The molecular formula is C14H18N2O2. The fourth-order valence-electron chi connectivity index (χ4n) is 2.74. The van der Waals surface area contributed by atoms with E-state index in [9.17, 15) is 4.79 Å². The highest BCUT2D eigenvalue weighted by Crippen LogP contribution is 2.29. The van der Waals surface area contributed by atoms with Crippen molar-refractivity contribution in [2.24, 2.45) is 0 Å². The number of piperidine rings is 1. The third-order valence-corrected chi connectivity index (χ3v) is 3.76. The van der Waals surface area contributed by atoms with E-state index in [-0.39, 0.29) is 12.2 Å². The summed E-state index contributed by atoms with van der Waals surface area (Å²) in [5, 5.41) is 3.32. The first kappa shape index (κ1) is 11.5. The zero-order valence-electron chi connectivity index (χ0n) is 10.3. The van der Waals surface area contributed by atoms with E-state index in [0.717, 1.165) is 31.5 Å². The predicted octanol–water partition coefficient (Wildman–Crippen LogP) is 1.93. The zero-order valence-corrected chi connectivity index (χ0v) is 10.3. The molecule has 1 amide bonds. The van der Waals surface area contributed by atoms with Crippen molar-refractivity contribution in [3.63, 3.8) is 0 Å². The molecule has 0 radical (unpaired) electrons. The quantitative estimate of drug-likeness (QED) is 0.867. The highest BCUT2D eigenvalue weighted by molar-refractivity contribution is 5.70. The Morgan fingerprint density at radius 1 is 1.17 bits per heavy atom. The summed E-state index contributed by atoms with van der Waals surface area (Å²) >= 11 is 0. The van der Waals surface area contributed by atoms with Gasteiger partial charge in [-0.05, 0) is 31.5 Å². The average molecular weight is 246 g/mol. The molecule has 1 aromatic rings. The fraction of sp³-hybridized carbons (Fsp3) is 0.500. The van der Waals surface area contributed by atoms with Crippen molar-refractivity contribution in [1.82, 2.24) is 10.2 Å². The topological polar surface area (TPSA) is 41.6 Å². The molecule has 0 bridgehead atoms. The van der Waals surface area contributed by atoms with Crippen molar-refractivity contribution in [2.45, 2.75) is 25.0 Å². The van der Waals surface area contributed by atoms with Crippen LogP contribution in [0.3, 0.4) is 0 Å². The van der Waals surface area contributed by atoms with Crippen LogP contribution in [-0.4, -0.2) is 36.7 Å². The third kappa shape index (κ3) is 2.20. The second-order valence-corrected chi connectivity index (χ2v) is 4.92. The number of amides is 1. The number of hydrogen-bond donors (Lipinski definition) is 1. The molecule has 1 N–H and O–H groups in total. The molecule has 0 saturated carbocycles. The van der Waals surface area contributed by atoms with Crippen LogP contribution in [0.2, 0.25) is 0 Å². The molecule has 3 rings (SSSR count). The monoisotopic (exact) mass is 246 g/mol. The molecule has 96 valence electrons. The lowest BCUT2D eigenvalue weighted by molar-refractivity contribution is 0.124. The predicted molar refractivity (Wildman–Crippen MR) is 68.3 cm³/mol. The van der Waals surface area contributed by atoms with E-state index in [1.54, 1.807) is 0 Å². The molecule has 2 aliphatic heterocycles. The van der Waals surface area contributed by atoms with Gasteiger partial charge in [-0.3, -0.25) is 0 Å². The number of nitrogens with zero attached hydrogens (tertiary/aromatic N) is 1. The molecule has 4 heteroatoms. The van der Waals surface area contributed by atoms with E-state index < -0.39 is 0 Å². The van der Waals surface area contributed by atoms with Gasteiger partial charge in [-0.1, -0.05) is 30.3 Å². The minimum absolute atomic E-state index is 0.103. The summed E-state index contributed by atoms with van der Waals surface area (Å²) in [4.78, 5) is 13.8. The van der Waals surface area contributed by atoms with Crippen LogP contribution in [0.15, 0.2) is 30.3 Å². The van der Waals surface area contributed by atoms with Crippen LogP contribution < -0.4 is 5.32 Å². The summed E-state index contributed by atoms with van der Waals surface area (Å²) in [5.74, 6) is 0. The molecule has 18 heavy (non-hydrogen) atoms. The molecule has 0 aromatic heterocycles. The molecule has 4 nitrogen and oxygen atoms in total. The van der Waals surface area contributed by atoms with Crippen molar-refractivity contribution < 1.29 is 9.53 Å². The first-order chi connectivity index (χ1) is 8.84. The SMILES string of the molecule is O=C1O[C@H](c2ccccc2)CN1C1CCNCC1. The normalized spacial score (nSPS) is 25.2. The second kappa shape index (κ2) is 4.98. The molecule has 0 unspecified atom stereocenters. The van der Waals surface area contributed by atoms with Gasteiger partial charge in [-0.25, -0.2) is 4.79 Å². The maximum Gasteiger partial charge on any atom is 0.410 e. The van der Waals surface area contributed by atoms with Gasteiger partial charge in [-0.2, -0.15) is 0 Å². The van der Waals surface area contributed by atoms with E-state index in [0.29, 0.717) is 12.6 Å². The lowest BCUT2D eigenvalue weighted by atomic mass is 10.0. The molecule has 2 aliphatic rings. The maximum absolute atomic E-state index is 11.9. The molecule has 2 saturated heterocycles. The van der Waals surface area contributed by atoms with Crippen LogP contribution in [0.1, 0.15) is 24.5 Å². The van der Waals surface area contributed by atoms with Crippen molar-refractivity contribution in [3.05, 3.63) is 35.9 Å². The second-order valence-electron chi connectivity index (χ2n) is 4.92. The Balaban J connectivity index is 1.70. The Morgan fingerprint density at radius 2 is 1.89 bits per heavy atom. The van der Waals surface area contributed by atoms with E-state index >= 15 is 0 Å². The summed E-state index contributed by atoms with van der Waals surface area (Å²) < 4.78 is 5.48. The van der Waals surface area contributed by atoms with Gasteiger partial charge in [0, 0.05) is 6.04 Å². The van der Waals surface area contributed by atoms with Crippen LogP contribution in [0.25, 0.3) is 0 Å². The fourth-order valence-corrected chi connectivity index (χ4v) is 2.74. The highest BCUT2D eigenvalue weighted by atomic mass is 16.6. The molecule has 2 fully saturated rings. The van der Waals surface area contributed by atoms with Gasteiger partial charge < -0.3 is 15.0 Å². The summed E-state index contributed by atoms with van der Waals surface area (Å²) in [6.07, 6.45) is 1.79. The van der Waals surface area contributed by atoms with Crippen molar-refractivity contribution >= 4 is 6.09 Å². The molecule has 0 spiro atoms. The van der Waals surface area contributed by atoms with Crippen LogP contribution in [0.4, 0.5) is 4.79 Å². The Morgan fingerprint density at radius 3 is 2.61 bits per heavy atom. The standard InChI is InChI=1S/C14H18N2O2/c17-14-16(12-6-8-15-9-7-12)10-13(18-14)11-4-2-1-3-5-11/h1-5,12-13,15H,6-10H2/t13-/m0/s1. The van der Waals surface area contributed by atoms with Crippen LogP contribution in [0, 0.1) is 0 Å². The van der Waals surface area contributed by atoms with Crippen molar-refractivity contribution in [2.75, 3.05) is 19.6 Å². The lowest BCUT2D eigenvalue weighted by Crippen LogP contribution is -2.43. The summed E-state index contributed by atoms with van der Waals surface area (Å²) in [6.45, 7) is 2.67. The minimum atomic E-state index is -0.157. The van der Waals surface area contributed by atoms with E-state index in [4.69, 9.17) is 4.74 Å². The van der Waals surface area contributed by atoms with Gasteiger partial charge in [-0.15, -0.1) is 0 Å². The molecule has 0 aliphatic carbocycles. The van der Waals surface area contributed by atoms with E-state index in [1.807, 2.05) is 35.2 Å². The van der Waals surface area contributed by atoms with Gasteiger partial charge in [0.15, 0.2) is 0 Å². The Bertz CT molecular complexity index is 415. The summed E-state index contributed by atoms with van der Waals surface area (Å²) in [7, 11) is 0. The largest absolute Gasteiger partial charge is 0.439 e. The molecule has 2 heterocycles. The summed E-state index contributed by atoms with van der Waals surface area (Å²) in [5.41, 5.74) is 1.09. The maximum atomic E-state index is 11.9. The first-order valence-corrected chi connectivity index (χ1v) is 6.57. The van der Waals surface area contributed by atoms with Crippen LogP contribution in [0.5, 0.6) is 0 Å². The zero-order chi connectivity index (χ0) is 12.4. The summed E-state index contributed by atoms with van der Waals surface area (Å²) in [6, 6.07) is 10.3. The number of carbonyl (C=O) groups excluding carboxylic acids is 1. The number of carbonyl (C=O) groups is 1. The van der Waals surface area contributed by atoms with Gasteiger partial charge in [0.25, 0.3) is 0 Å². The Hall–Kier alpha value is -1.55. The van der Waals surface area contributed by atoms with Crippen molar-refractivity contribution in [3.8, 4) is 0 Å². The number of ether oxygens (including phenoxy) is 1. The van der Waals surface area contributed by atoms with Gasteiger partial charge in [0.2, 0.25) is 0 Å². The first-order valence-electron chi connectivity index (χ1n) is 6.57. The van der Waals surface area contributed by atoms with Gasteiger partial charge in [0.05, 0.1) is 6.54 Å². The third-order valence-electron chi connectivity index (χ3n) is 3.76. The number of cyclic esters (lactones) is 1. The van der Waals surface area contributed by atoms with Crippen LogP contribution >= 0.6 is 0 Å². The molecule has 1 atom stereocenters. The Kier molecular flexibility index (Phi) is 3.19. The average Bonchev–Trinajstić information content (AvgIpc) is 2.83. The molecule has 1 aromatic carbocycles. The number of benzene rings is 1. The number of hydrogen-bond acceptors (Lipinski definition) is 3. The Labute approximate surface area is 107 Å². The van der Waals surface area contributed by atoms with Gasteiger partial charge in [0.1, 0.15) is 6.10 Å². The van der Waals surface area contributed by atoms with Gasteiger partial charge >= 0.3 is 6.09 Å². The van der Waals surface area contributed by atoms with Crippen molar-refractivity contribution in [1.29, 1.82) is 0 Å². The minimum Gasteiger partial charge on any atom is -0.439 e. The number of nitrogens with one attached hydrogen (secondary N) is 1. The lowest BCUT2D eigenvalue weighted by Gasteiger charge is -2.29. The van der Waals surface area contributed by atoms with E-state index in [1.165, 1.54) is 0 Å². The van der Waals surface area contributed by atoms with Crippen LogP contribution in [-0.2, 0) is 4.74 Å². The smallest absolute Gasteiger partial charge is 0.410 e. The molecular weight excluding hydrogens is 228 g/mol. The number of rotatable bonds is 2.